The van der Waals surface area contributed by atoms with Gasteiger partial charge >= 0.3 is 12.1 Å². The Labute approximate surface area is 167 Å². The number of aromatic nitrogens is 3. The molecule has 7 nitrogen and oxygen atoms in total. The summed E-state index contributed by atoms with van der Waals surface area (Å²) in [5.41, 5.74) is -1.08. The Morgan fingerprint density at radius 2 is 1.93 bits per heavy atom. The smallest absolute Gasteiger partial charge is 0.435 e. The lowest BCUT2D eigenvalue weighted by molar-refractivity contribution is -0.141. The highest BCUT2D eigenvalue weighted by atomic mass is 32.1. The number of carbonyl (C=O) groups is 2. The van der Waals surface area contributed by atoms with E-state index in [0.717, 1.165) is 22.2 Å². The van der Waals surface area contributed by atoms with E-state index in [0.29, 0.717) is 5.56 Å². The molecule has 0 aliphatic heterocycles. The largest absolute Gasteiger partial charge is 0.462 e. The minimum Gasteiger partial charge on any atom is -0.462 e. The number of amides is 1. The summed E-state index contributed by atoms with van der Waals surface area (Å²) in [5, 5.41) is 5.59. The van der Waals surface area contributed by atoms with Crippen LogP contribution in [0.25, 0.3) is 11.3 Å². The van der Waals surface area contributed by atoms with Gasteiger partial charge in [0.05, 0.1) is 17.9 Å². The number of ether oxygens (including phenoxy) is 1. The second-order valence-corrected chi connectivity index (χ2v) is 6.80. The number of anilines is 1. The van der Waals surface area contributed by atoms with Gasteiger partial charge in [0.25, 0.3) is 5.91 Å². The van der Waals surface area contributed by atoms with Gasteiger partial charge in [-0.1, -0.05) is 41.7 Å². The molecule has 3 rings (SSSR count). The molecule has 0 unspecified atom stereocenters. The average molecular weight is 424 g/mol. The van der Waals surface area contributed by atoms with Gasteiger partial charge in [-0.2, -0.15) is 18.3 Å². The molecule has 0 atom stereocenters. The molecule has 0 radical (unpaired) electrons. The fourth-order valence-electron chi connectivity index (χ4n) is 2.53. The minimum atomic E-state index is -4.79. The van der Waals surface area contributed by atoms with E-state index in [-0.39, 0.29) is 22.3 Å². The zero-order chi connectivity index (χ0) is 21.2. The topological polar surface area (TPSA) is 86.1 Å². The number of aryl methyl sites for hydroxylation is 1. The maximum Gasteiger partial charge on any atom is 0.435 e. The van der Waals surface area contributed by atoms with Crippen molar-refractivity contribution in [3.8, 4) is 11.3 Å². The van der Waals surface area contributed by atoms with E-state index in [1.807, 2.05) is 0 Å². The third-order valence-electron chi connectivity index (χ3n) is 3.70. The van der Waals surface area contributed by atoms with Crippen molar-refractivity contribution in [3.05, 3.63) is 52.7 Å². The fourth-order valence-corrected chi connectivity index (χ4v) is 3.41. The Hall–Kier alpha value is -3.21. The molecule has 1 N–H and O–H groups in total. The van der Waals surface area contributed by atoms with Crippen molar-refractivity contribution in [1.29, 1.82) is 0 Å². The van der Waals surface area contributed by atoms with Crippen LogP contribution in [-0.2, 0) is 18.0 Å². The number of halogens is 3. The molecule has 1 aromatic carbocycles. The van der Waals surface area contributed by atoms with Crippen LogP contribution in [0, 0.1) is 0 Å². The molecule has 2 aromatic heterocycles. The molecule has 3 aromatic rings. The van der Waals surface area contributed by atoms with Gasteiger partial charge in [-0.15, -0.1) is 0 Å². The molecule has 11 heteroatoms. The average Bonchev–Trinajstić information content (AvgIpc) is 3.26. The van der Waals surface area contributed by atoms with Crippen molar-refractivity contribution in [2.75, 3.05) is 11.9 Å². The van der Waals surface area contributed by atoms with Crippen molar-refractivity contribution in [2.45, 2.75) is 13.1 Å². The molecule has 152 valence electrons. The number of hydrogen-bond acceptors (Lipinski definition) is 6. The predicted octanol–water partition coefficient (Wildman–Crippen LogP) is 3.99. The van der Waals surface area contributed by atoms with Crippen LogP contribution >= 0.6 is 11.3 Å². The number of alkyl halides is 3. The fraction of sp³-hybridized carbons (Fsp3) is 0.222. The second kappa shape index (κ2) is 8.03. The van der Waals surface area contributed by atoms with Gasteiger partial charge in [-0.3, -0.25) is 14.8 Å². The zero-order valence-electron chi connectivity index (χ0n) is 15.3. The Bertz CT molecular complexity index is 1040. The number of nitrogens with one attached hydrogen (secondary N) is 1. The monoisotopic (exact) mass is 424 g/mol. The van der Waals surface area contributed by atoms with Crippen molar-refractivity contribution in [1.82, 2.24) is 14.8 Å². The second-order valence-electron chi connectivity index (χ2n) is 5.80. The Balaban J connectivity index is 1.96. The molecule has 0 bridgehead atoms. The maximum absolute atomic E-state index is 13.1. The van der Waals surface area contributed by atoms with Crippen LogP contribution in [0.2, 0.25) is 0 Å². The van der Waals surface area contributed by atoms with Crippen LogP contribution in [0.15, 0.2) is 36.5 Å². The zero-order valence-corrected chi connectivity index (χ0v) is 16.1. The molecule has 0 spiro atoms. The van der Waals surface area contributed by atoms with Crippen molar-refractivity contribution < 1.29 is 27.5 Å². The number of benzene rings is 1. The number of esters is 1. The third-order valence-corrected chi connectivity index (χ3v) is 4.65. The number of thiazole rings is 1. The minimum absolute atomic E-state index is 0.0334. The highest BCUT2D eigenvalue weighted by molar-refractivity contribution is 7.18. The summed E-state index contributed by atoms with van der Waals surface area (Å²) < 4.78 is 45.3. The Morgan fingerprint density at radius 1 is 1.24 bits per heavy atom. The molecular weight excluding hydrogens is 409 g/mol. The Kier molecular flexibility index (Phi) is 5.69. The van der Waals surface area contributed by atoms with E-state index in [2.05, 4.69) is 15.4 Å². The normalized spacial score (nSPS) is 11.3. The van der Waals surface area contributed by atoms with E-state index in [1.54, 1.807) is 37.3 Å². The first-order valence-electron chi connectivity index (χ1n) is 8.36. The van der Waals surface area contributed by atoms with E-state index >= 15 is 0 Å². The van der Waals surface area contributed by atoms with E-state index in [9.17, 15) is 22.8 Å². The van der Waals surface area contributed by atoms with Gasteiger partial charge in [0.2, 0.25) is 0 Å². The summed E-state index contributed by atoms with van der Waals surface area (Å²) in [7, 11) is 1.28. The molecule has 0 aliphatic rings. The summed E-state index contributed by atoms with van der Waals surface area (Å²) in [6.07, 6.45) is -3.82. The van der Waals surface area contributed by atoms with Gasteiger partial charge in [0.15, 0.2) is 10.8 Å². The lowest BCUT2D eigenvalue weighted by atomic mass is 10.1. The summed E-state index contributed by atoms with van der Waals surface area (Å²) in [4.78, 5) is 29.1. The standard InChI is InChI=1S/C18H15F3N4O3S/c1-3-28-16(27)13-12(10-7-5-4-6-8-10)22-17(29-13)23-15(26)11-9-25(2)24-14(11)18(19,20)21/h4-9H,3H2,1-2H3,(H,22,23,26). The highest BCUT2D eigenvalue weighted by Gasteiger charge is 2.39. The lowest BCUT2D eigenvalue weighted by Crippen LogP contribution is -2.17. The van der Waals surface area contributed by atoms with Gasteiger partial charge in [0.1, 0.15) is 4.88 Å². The first kappa shape index (κ1) is 20.5. The van der Waals surface area contributed by atoms with Crippen LogP contribution < -0.4 is 5.32 Å². The number of hydrogen-bond donors (Lipinski definition) is 1. The first-order chi connectivity index (χ1) is 13.7. The Morgan fingerprint density at radius 3 is 2.55 bits per heavy atom. The first-order valence-corrected chi connectivity index (χ1v) is 9.18. The van der Waals surface area contributed by atoms with E-state index < -0.39 is 29.3 Å². The van der Waals surface area contributed by atoms with Gasteiger partial charge < -0.3 is 4.74 Å². The molecule has 0 saturated carbocycles. The van der Waals surface area contributed by atoms with Crippen LogP contribution in [0.4, 0.5) is 18.3 Å². The van der Waals surface area contributed by atoms with E-state index in [1.165, 1.54) is 7.05 Å². The van der Waals surface area contributed by atoms with Gasteiger partial charge in [-0.25, -0.2) is 9.78 Å². The molecule has 0 aliphatic carbocycles. The summed E-state index contributed by atoms with van der Waals surface area (Å²) in [5.74, 6) is -1.67. The summed E-state index contributed by atoms with van der Waals surface area (Å²) in [6.45, 7) is 1.78. The molecular formula is C18H15F3N4O3S. The molecule has 1 amide bonds. The number of nitrogens with zero attached hydrogens (tertiary/aromatic N) is 3. The quantitative estimate of drug-likeness (QED) is 0.626. The van der Waals surface area contributed by atoms with Crippen LogP contribution in [0.5, 0.6) is 0 Å². The molecule has 29 heavy (non-hydrogen) atoms. The summed E-state index contributed by atoms with van der Waals surface area (Å²) in [6, 6.07) is 8.70. The van der Waals surface area contributed by atoms with Crippen LogP contribution in [0.1, 0.15) is 32.6 Å². The van der Waals surface area contributed by atoms with Crippen molar-refractivity contribution >= 4 is 28.3 Å². The van der Waals surface area contributed by atoms with Crippen molar-refractivity contribution in [2.24, 2.45) is 7.05 Å². The van der Waals surface area contributed by atoms with Crippen molar-refractivity contribution in [3.63, 3.8) is 0 Å². The number of rotatable bonds is 5. The van der Waals surface area contributed by atoms with Gasteiger partial charge in [-0.05, 0) is 6.92 Å². The maximum atomic E-state index is 13.1. The van der Waals surface area contributed by atoms with Crippen LogP contribution in [-0.4, -0.2) is 33.2 Å². The lowest BCUT2D eigenvalue weighted by Gasteiger charge is -2.05. The molecule has 0 saturated heterocycles. The molecule has 0 fully saturated rings. The number of carbonyl (C=O) groups excluding carboxylic acids is 2. The van der Waals surface area contributed by atoms with Crippen LogP contribution in [0.3, 0.4) is 0 Å². The third kappa shape index (κ3) is 4.45. The van der Waals surface area contributed by atoms with E-state index in [4.69, 9.17) is 4.74 Å². The predicted molar refractivity (Wildman–Crippen MR) is 99.7 cm³/mol. The summed E-state index contributed by atoms with van der Waals surface area (Å²) >= 11 is 0.819. The molecule has 2 heterocycles. The highest BCUT2D eigenvalue weighted by Crippen LogP contribution is 2.34. The SMILES string of the molecule is CCOC(=O)c1sc(NC(=O)c2cn(C)nc2C(F)(F)F)nc1-c1ccccc1. The van der Waals surface area contributed by atoms with Gasteiger partial charge in [0, 0.05) is 18.8 Å².